The van der Waals surface area contributed by atoms with E-state index in [1.165, 1.54) is 10.6 Å². The molecule has 33 heavy (non-hydrogen) atoms. The predicted molar refractivity (Wildman–Crippen MR) is 144 cm³/mol. The van der Waals surface area contributed by atoms with Gasteiger partial charge in [-0.2, -0.15) is 0 Å². The van der Waals surface area contributed by atoms with E-state index in [2.05, 4.69) is 67.5 Å². The molecular formula is C28H28O3P2. The van der Waals surface area contributed by atoms with E-state index < -0.39 is 7.14 Å². The lowest BCUT2D eigenvalue weighted by molar-refractivity contribution is -0.176. The Morgan fingerprint density at radius 1 is 0.576 bits per heavy atom. The zero-order chi connectivity index (χ0) is 23.9. The lowest BCUT2D eigenvalue weighted by Crippen LogP contribution is -2.13. The van der Waals surface area contributed by atoms with Crippen molar-refractivity contribution >= 4 is 36.3 Å². The van der Waals surface area contributed by atoms with Crippen molar-refractivity contribution in [3.05, 3.63) is 146 Å². The third-order valence-electron chi connectivity index (χ3n) is 4.79. The molecule has 4 aromatic carbocycles. The van der Waals surface area contributed by atoms with Gasteiger partial charge >= 0.3 is 0 Å². The first kappa shape index (κ1) is 26.2. The molecule has 0 spiro atoms. The van der Waals surface area contributed by atoms with Crippen LogP contribution in [-0.4, -0.2) is 10.5 Å². The molecule has 0 unspecified atom stereocenters. The van der Waals surface area contributed by atoms with Crippen LogP contribution in [0.2, 0.25) is 0 Å². The number of hydrogen-bond donors (Lipinski definition) is 2. The Morgan fingerprint density at radius 2 is 0.879 bits per heavy atom. The summed E-state index contributed by atoms with van der Waals surface area (Å²) in [5.41, 5.74) is 0. The third kappa shape index (κ3) is 7.22. The van der Waals surface area contributed by atoms with Crippen molar-refractivity contribution in [2.45, 2.75) is 0 Å². The SMILES string of the molecule is C=CP(=O)(c1ccccc1)c1ccccc1.C=CP(c1ccccc1)c1ccccc1.OO. The molecule has 2 N–H and O–H groups in total. The van der Waals surface area contributed by atoms with E-state index >= 15 is 0 Å². The average molecular weight is 474 g/mol. The Balaban J connectivity index is 0.000000218. The molecule has 0 aromatic heterocycles. The fourth-order valence-electron chi connectivity index (χ4n) is 3.20. The van der Waals surface area contributed by atoms with Crippen LogP contribution in [-0.2, 0) is 4.57 Å². The van der Waals surface area contributed by atoms with E-state index in [0.717, 1.165) is 10.6 Å². The van der Waals surface area contributed by atoms with Gasteiger partial charge in [0.05, 0.1) is 0 Å². The van der Waals surface area contributed by atoms with Crippen LogP contribution in [0.5, 0.6) is 0 Å². The van der Waals surface area contributed by atoms with Gasteiger partial charge in [-0.15, -0.1) is 0 Å². The van der Waals surface area contributed by atoms with Crippen molar-refractivity contribution in [2.24, 2.45) is 0 Å². The highest BCUT2D eigenvalue weighted by atomic mass is 31.2. The summed E-state index contributed by atoms with van der Waals surface area (Å²) in [6.07, 6.45) is 0. The molecule has 0 amide bonds. The maximum absolute atomic E-state index is 12.9. The smallest absolute Gasteiger partial charge is 0.163 e. The standard InChI is InChI=1S/C14H13OP.C14H13P.H2O2/c1-2-16(15,13-9-5-3-6-10-13)14-11-7-4-8-12-14;1-2-15(13-9-5-3-6-10-13)14-11-7-4-8-12-14;1-2/h2-12H,1H2;2-12H,1H2;1-2H. The van der Waals surface area contributed by atoms with E-state index in [9.17, 15) is 4.57 Å². The number of rotatable bonds is 6. The zero-order valence-corrected chi connectivity index (χ0v) is 20.1. The summed E-state index contributed by atoms with van der Waals surface area (Å²) in [6, 6.07) is 40.0. The van der Waals surface area contributed by atoms with Crippen molar-refractivity contribution in [1.29, 1.82) is 0 Å². The van der Waals surface area contributed by atoms with Gasteiger partial charge < -0.3 is 4.57 Å². The molecule has 0 aliphatic carbocycles. The van der Waals surface area contributed by atoms with E-state index in [4.69, 9.17) is 10.5 Å². The summed E-state index contributed by atoms with van der Waals surface area (Å²) in [5, 5.41) is 16.4. The molecule has 168 valence electrons. The van der Waals surface area contributed by atoms with Crippen LogP contribution in [0.1, 0.15) is 0 Å². The topological polar surface area (TPSA) is 57.5 Å². The minimum absolute atomic E-state index is 0.385. The fraction of sp³-hybridized carbons (Fsp3) is 0. The molecule has 4 rings (SSSR count). The maximum Gasteiger partial charge on any atom is 0.163 e. The first-order valence-electron chi connectivity index (χ1n) is 10.3. The second-order valence-corrected chi connectivity index (χ2v) is 11.6. The number of benzene rings is 4. The Morgan fingerprint density at radius 3 is 1.15 bits per heavy atom. The maximum atomic E-state index is 12.9. The molecule has 3 nitrogen and oxygen atoms in total. The fourth-order valence-corrected chi connectivity index (χ4v) is 6.85. The molecule has 4 aromatic rings. The molecule has 0 aliphatic heterocycles. The van der Waals surface area contributed by atoms with Crippen molar-refractivity contribution < 1.29 is 15.1 Å². The molecule has 0 aliphatic rings. The average Bonchev–Trinajstić information content (AvgIpc) is 2.92. The van der Waals surface area contributed by atoms with Gasteiger partial charge in [-0.25, -0.2) is 0 Å². The van der Waals surface area contributed by atoms with Gasteiger partial charge in [0.25, 0.3) is 0 Å². The van der Waals surface area contributed by atoms with E-state index in [1.807, 2.05) is 72.8 Å². The quantitative estimate of drug-likeness (QED) is 0.193. The van der Waals surface area contributed by atoms with Gasteiger partial charge in [-0.05, 0) is 24.3 Å². The normalized spacial score (nSPS) is 10.2. The molecule has 0 heterocycles. The van der Waals surface area contributed by atoms with Crippen molar-refractivity contribution in [3.8, 4) is 0 Å². The lowest BCUT2D eigenvalue weighted by Gasteiger charge is -2.14. The van der Waals surface area contributed by atoms with Gasteiger partial charge in [0.15, 0.2) is 7.14 Å². The minimum Gasteiger partial charge on any atom is -0.309 e. The Bertz CT molecular complexity index is 1050. The van der Waals surface area contributed by atoms with Gasteiger partial charge in [0.1, 0.15) is 0 Å². The van der Waals surface area contributed by atoms with Crippen LogP contribution in [0.15, 0.2) is 146 Å². The molecule has 0 fully saturated rings. The molecule has 0 radical (unpaired) electrons. The zero-order valence-electron chi connectivity index (χ0n) is 18.3. The summed E-state index contributed by atoms with van der Waals surface area (Å²) < 4.78 is 12.9. The van der Waals surface area contributed by atoms with Gasteiger partial charge in [0, 0.05) is 10.6 Å². The van der Waals surface area contributed by atoms with Crippen LogP contribution < -0.4 is 21.2 Å². The third-order valence-corrected chi connectivity index (χ3v) is 9.51. The lowest BCUT2D eigenvalue weighted by atomic mass is 10.4. The van der Waals surface area contributed by atoms with E-state index in [1.54, 1.807) is 5.82 Å². The van der Waals surface area contributed by atoms with Crippen LogP contribution in [0.3, 0.4) is 0 Å². The molecule has 0 bridgehead atoms. The second kappa shape index (κ2) is 14.2. The van der Waals surface area contributed by atoms with E-state index in [0.29, 0.717) is 0 Å². The highest BCUT2D eigenvalue weighted by Crippen LogP contribution is 2.43. The molecular weight excluding hydrogens is 446 g/mol. The second-order valence-electron chi connectivity index (χ2n) is 6.74. The summed E-state index contributed by atoms with van der Waals surface area (Å²) in [7, 11) is -3.03. The molecule has 5 heteroatoms. The summed E-state index contributed by atoms with van der Waals surface area (Å²) in [4.78, 5) is 0. The summed E-state index contributed by atoms with van der Waals surface area (Å²) in [5.74, 6) is 3.62. The highest BCUT2D eigenvalue weighted by molar-refractivity contribution is 7.81. The molecule has 0 atom stereocenters. The highest BCUT2D eigenvalue weighted by Gasteiger charge is 2.22. The minimum atomic E-state index is -2.64. The summed E-state index contributed by atoms with van der Waals surface area (Å²) >= 11 is 0. The van der Waals surface area contributed by atoms with Crippen LogP contribution in [0, 0.1) is 0 Å². The monoisotopic (exact) mass is 474 g/mol. The largest absolute Gasteiger partial charge is 0.309 e. The van der Waals surface area contributed by atoms with Gasteiger partial charge in [-0.3, -0.25) is 10.5 Å². The number of hydrogen-bond acceptors (Lipinski definition) is 3. The Hall–Kier alpha value is -3.06. The van der Waals surface area contributed by atoms with Gasteiger partial charge in [-0.1, -0.05) is 140 Å². The summed E-state index contributed by atoms with van der Waals surface area (Å²) in [6.45, 7) is 7.67. The van der Waals surface area contributed by atoms with E-state index in [-0.39, 0.29) is 7.92 Å². The van der Waals surface area contributed by atoms with Crippen LogP contribution in [0.4, 0.5) is 0 Å². The van der Waals surface area contributed by atoms with Crippen LogP contribution >= 0.6 is 15.1 Å². The van der Waals surface area contributed by atoms with Crippen molar-refractivity contribution in [2.75, 3.05) is 0 Å². The first-order chi connectivity index (χ1) is 16.2. The first-order valence-corrected chi connectivity index (χ1v) is 13.4. The Labute approximate surface area is 197 Å². The van der Waals surface area contributed by atoms with Crippen molar-refractivity contribution in [1.82, 2.24) is 0 Å². The Kier molecular flexibility index (Phi) is 11.2. The van der Waals surface area contributed by atoms with Crippen molar-refractivity contribution in [3.63, 3.8) is 0 Å². The predicted octanol–water partition coefficient (Wildman–Crippen LogP) is 6.42. The van der Waals surface area contributed by atoms with Crippen LogP contribution in [0.25, 0.3) is 0 Å². The van der Waals surface area contributed by atoms with Gasteiger partial charge in [0.2, 0.25) is 0 Å². The molecule has 0 saturated heterocycles. The molecule has 0 saturated carbocycles.